The molecule has 1 N–H and O–H groups in total. The number of nitrogens with one attached hydrogen (secondary N) is 1. The fraction of sp³-hybridized carbons (Fsp3) is 1.00. The second-order valence-corrected chi connectivity index (χ2v) is 6.87. The highest BCUT2D eigenvalue weighted by Gasteiger charge is 2.22. The second kappa shape index (κ2) is 10.1. The average molecular weight is 273 g/mol. The maximum atomic E-state index is 3.73. The summed E-state index contributed by atoms with van der Waals surface area (Å²) < 4.78 is 0. The van der Waals surface area contributed by atoms with Crippen LogP contribution in [0.4, 0.5) is 0 Å². The minimum atomic E-state index is 0.709. The lowest BCUT2D eigenvalue weighted by molar-refractivity contribution is 0.163. The molecule has 1 heterocycles. The molecule has 1 saturated heterocycles. The molecule has 108 valence electrons. The third kappa shape index (κ3) is 6.44. The summed E-state index contributed by atoms with van der Waals surface area (Å²) in [5.74, 6) is 3.47. The first-order valence-corrected chi connectivity index (χ1v) is 8.96. The van der Waals surface area contributed by atoms with Crippen LogP contribution in [0.2, 0.25) is 0 Å². The van der Waals surface area contributed by atoms with E-state index in [1.54, 1.807) is 0 Å². The zero-order valence-corrected chi connectivity index (χ0v) is 13.4. The van der Waals surface area contributed by atoms with E-state index in [-0.39, 0.29) is 0 Å². The Bertz CT molecular complexity index is 191. The fourth-order valence-electron chi connectivity index (χ4n) is 2.81. The fourth-order valence-corrected chi connectivity index (χ4v) is 3.44. The van der Waals surface area contributed by atoms with Crippen molar-refractivity contribution in [2.45, 2.75) is 52.5 Å². The zero-order chi connectivity index (χ0) is 13.2. The minimum absolute atomic E-state index is 0.709. The van der Waals surface area contributed by atoms with Crippen LogP contribution in [-0.2, 0) is 0 Å². The largest absolute Gasteiger partial charge is 0.314 e. The quantitative estimate of drug-likeness (QED) is 0.649. The average Bonchev–Trinajstić information content (AvgIpc) is 2.39. The molecule has 0 saturated carbocycles. The van der Waals surface area contributed by atoms with E-state index in [0.29, 0.717) is 6.04 Å². The third-order valence-corrected chi connectivity index (χ3v) is 5.00. The van der Waals surface area contributed by atoms with E-state index in [1.165, 1.54) is 63.4 Å². The van der Waals surface area contributed by atoms with E-state index in [2.05, 4.69) is 42.7 Å². The SMILES string of the molecule is CCCN1CCC(C(C)NCCCSCC)CC1. The number of nitrogens with zero attached hydrogens (tertiary/aromatic N) is 1. The van der Waals surface area contributed by atoms with Crippen LogP contribution in [0.25, 0.3) is 0 Å². The molecule has 0 aromatic rings. The number of rotatable bonds is 9. The van der Waals surface area contributed by atoms with Crippen molar-refractivity contribution in [2.24, 2.45) is 5.92 Å². The first-order chi connectivity index (χ1) is 8.77. The summed E-state index contributed by atoms with van der Waals surface area (Å²) in [6.45, 7) is 12.0. The van der Waals surface area contributed by atoms with E-state index < -0.39 is 0 Å². The molecule has 3 heteroatoms. The van der Waals surface area contributed by atoms with Gasteiger partial charge in [0.05, 0.1) is 0 Å². The molecule has 0 bridgehead atoms. The maximum absolute atomic E-state index is 3.73. The summed E-state index contributed by atoms with van der Waals surface area (Å²) in [4.78, 5) is 2.63. The van der Waals surface area contributed by atoms with Gasteiger partial charge < -0.3 is 10.2 Å². The predicted octanol–water partition coefficient (Wildman–Crippen LogP) is 3.23. The standard InChI is InChI=1S/C15H32N2S/c1-4-10-17-11-7-15(8-12-17)14(3)16-9-6-13-18-5-2/h14-16H,4-13H2,1-3H3. The molecule has 2 nitrogen and oxygen atoms in total. The number of hydrogen-bond acceptors (Lipinski definition) is 3. The molecule has 0 radical (unpaired) electrons. The number of likely N-dealkylation sites (tertiary alicyclic amines) is 1. The van der Waals surface area contributed by atoms with Gasteiger partial charge in [-0.15, -0.1) is 0 Å². The monoisotopic (exact) mass is 272 g/mol. The van der Waals surface area contributed by atoms with Crippen LogP contribution in [0.3, 0.4) is 0 Å². The Hall–Kier alpha value is 0.270. The van der Waals surface area contributed by atoms with Gasteiger partial charge in [0, 0.05) is 6.04 Å². The molecule has 1 unspecified atom stereocenters. The highest BCUT2D eigenvalue weighted by atomic mass is 32.2. The van der Waals surface area contributed by atoms with Gasteiger partial charge >= 0.3 is 0 Å². The van der Waals surface area contributed by atoms with Gasteiger partial charge in [-0.25, -0.2) is 0 Å². The van der Waals surface area contributed by atoms with Crippen LogP contribution >= 0.6 is 11.8 Å². The van der Waals surface area contributed by atoms with E-state index in [4.69, 9.17) is 0 Å². The van der Waals surface area contributed by atoms with Crippen LogP contribution < -0.4 is 5.32 Å². The van der Waals surface area contributed by atoms with Gasteiger partial charge in [-0.3, -0.25) is 0 Å². The Kier molecular flexibility index (Phi) is 9.16. The van der Waals surface area contributed by atoms with Crippen molar-refractivity contribution in [3.8, 4) is 0 Å². The Morgan fingerprint density at radius 2 is 2.00 bits per heavy atom. The van der Waals surface area contributed by atoms with Crippen LogP contribution in [-0.4, -0.2) is 48.6 Å². The van der Waals surface area contributed by atoms with E-state index >= 15 is 0 Å². The number of hydrogen-bond donors (Lipinski definition) is 1. The molecule has 1 aliphatic heterocycles. The smallest absolute Gasteiger partial charge is 0.00679 e. The molecule has 0 amide bonds. The zero-order valence-electron chi connectivity index (χ0n) is 12.6. The van der Waals surface area contributed by atoms with Gasteiger partial charge in [0.25, 0.3) is 0 Å². The highest BCUT2D eigenvalue weighted by molar-refractivity contribution is 7.99. The van der Waals surface area contributed by atoms with Crippen molar-refractivity contribution in [3.05, 3.63) is 0 Å². The topological polar surface area (TPSA) is 15.3 Å². The maximum Gasteiger partial charge on any atom is 0.00679 e. The summed E-state index contributed by atoms with van der Waals surface area (Å²) in [5, 5.41) is 3.73. The van der Waals surface area contributed by atoms with E-state index in [1.807, 2.05) is 0 Å². The summed E-state index contributed by atoms with van der Waals surface area (Å²) >= 11 is 2.05. The van der Waals surface area contributed by atoms with Gasteiger partial charge in [-0.05, 0) is 76.2 Å². The van der Waals surface area contributed by atoms with Crippen LogP contribution in [0.5, 0.6) is 0 Å². The molecule has 1 fully saturated rings. The van der Waals surface area contributed by atoms with Crippen molar-refractivity contribution in [1.82, 2.24) is 10.2 Å². The summed E-state index contributed by atoms with van der Waals surface area (Å²) in [7, 11) is 0. The minimum Gasteiger partial charge on any atom is -0.314 e. The predicted molar refractivity (Wildman–Crippen MR) is 84.5 cm³/mol. The molecular formula is C15H32N2S. The summed E-state index contributed by atoms with van der Waals surface area (Å²) in [6, 6.07) is 0.709. The lowest BCUT2D eigenvalue weighted by atomic mass is 9.90. The normalized spacial score (nSPS) is 20.2. The first-order valence-electron chi connectivity index (χ1n) is 7.81. The van der Waals surface area contributed by atoms with E-state index in [9.17, 15) is 0 Å². The Morgan fingerprint density at radius 1 is 1.28 bits per heavy atom. The number of thioether (sulfide) groups is 1. The number of piperidine rings is 1. The molecule has 18 heavy (non-hydrogen) atoms. The molecule has 0 aromatic heterocycles. The lowest BCUT2D eigenvalue weighted by Crippen LogP contribution is -2.42. The van der Waals surface area contributed by atoms with Crippen LogP contribution in [0.1, 0.15) is 46.5 Å². The second-order valence-electron chi connectivity index (χ2n) is 5.47. The molecule has 0 aromatic carbocycles. The van der Waals surface area contributed by atoms with Crippen molar-refractivity contribution in [3.63, 3.8) is 0 Å². The Labute approximate surface area is 118 Å². The van der Waals surface area contributed by atoms with Crippen molar-refractivity contribution >= 4 is 11.8 Å². The Morgan fingerprint density at radius 3 is 2.61 bits per heavy atom. The third-order valence-electron chi connectivity index (χ3n) is 4.02. The summed E-state index contributed by atoms with van der Waals surface area (Å²) in [5.41, 5.74) is 0. The van der Waals surface area contributed by atoms with Gasteiger partial charge in [0.2, 0.25) is 0 Å². The molecule has 0 aliphatic carbocycles. The summed E-state index contributed by atoms with van der Waals surface area (Å²) in [6.07, 6.45) is 5.39. The first kappa shape index (κ1) is 16.3. The van der Waals surface area contributed by atoms with Gasteiger partial charge in [0.1, 0.15) is 0 Å². The lowest BCUT2D eigenvalue weighted by Gasteiger charge is -2.35. The van der Waals surface area contributed by atoms with Gasteiger partial charge in [-0.1, -0.05) is 13.8 Å². The molecule has 0 spiro atoms. The Balaban J connectivity index is 2.06. The molecule has 1 rings (SSSR count). The van der Waals surface area contributed by atoms with Gasteiger partial charge in [-0.2, -0.15) is 11.8 Å². The van der Waals surface area contributed by atoms with Crippen LogP contribution in [0, 0.1) is 5.92 Å². The van der Waals surface area contributed by atoms with E-state index in [0.717, 1.165) is 5.92 Å². The molecule has 1 aliphatic rings. The molecular weight excluding hydrogens is 240 g/mol. The van der Waals surface area contributed by atoms with Gasteiger partial charge in [0.15, 0.2) is 0 Å². The molecule has 1 atom stereocenters. The van der Waals surface area contributed by atoms with Crippen molar-refractivity contribution < 1.29 is 0 Å². The van der Waals surface area contributed by atoms with Crippen molar-refractivity contribution in [1.29, 1.82) is 0 Å². The van der Waals surface area contributed by atoms with Crippen molar-refractivity contribution in [2.75, 3.05) is 37.7 Å². The van der Waals surface area contributed by atoms with Crippen LogP contribution in [0.15, 0.2) is 0 Å². The highest BCUT2D eigenvalue weighted by Crippen LogP contribution is 2.20.